The molecule has 8 nitrogen and oxygen atoms in total. The van der Waals surface area contributed by atoms with E-state index in [1.54, 1.807) is 24.3 Å². The van der Waals surface area contributed by atoms with E-state index in [9.17, 15) is 4.79 Å². The van der Waals surface area contributed by atoms with E-state index in [-0.39, 0.29) is 10.7 Å². The molecule has 0 saturated carbocycles. The number of hydrogen-bond acceptors (Lipinski definition) is 6. The Bertz CT molecular complexity index is 925. The van der Waals surface area contributed by atoms with E-state index in [0.29, 0.717) is 34.3 Å². The van der Waals surface area contributed by atoms with E-state index < -0.39 is 0 Å². The van der Waals surface area contributed by atoms with Crippen molar-refractivity contribution in [3.05, 3.63) is 45.8 Å². The Morgan fingerprint density at radius 2 is 1.68 bits per heavy atom. The van der Waals surface area contributed by atoms with Crippen molar-refractivity contribution < 1.29 is 14.2 Å². The smallest absolute Gasteiger partial charge is 0.273 e. The van der Waals surface area contributed by atoms with Gasteiger partial charge in [-0.05, 0) is 24.3 Å². The molecule has 25 heavy (non-hydrogen) atoms. The maximum absolute atomic E-state index is 12.3. The largest absolute Gasteiger partial charge is 0.493 e. The lowest BCUT2D eigenvalue weighted by atomic mass is 10.1. The topological polar surface area (TPSA) is 91.3 Å². The molecule has 3 rings (SSSR count). The molecule has 2 aromatic heterocycles. The number of aromatic nitrogens is 4. The molecule has 0 fully saturated rings. The highest BCUT2D eigenvalue weighted by atomic mass is 35.5. The number of nitrogens with one attached hydrogen (secondary N) is 1. The molecular formula is C16H15ClN4O4. The molecule has 0 bridgehead atoms. The molecule has 0 atom stereocenters. The van der Waals surface area contributed by atoms with E-state index in [0.717, 1.165) is 0 Å². The van der Waals surface area contributed by atoms with Crippen LogP contribution in [-0.4, -0.2) is 41.3 Å². The first kappa shape index (κ1) is 16.8. The van der Waals surface area contributed by atoms with E-state index in [1.807, 2.05) is 0 Å². The third kappa shape index (κ3) is 3.16. The van der Waals surface area contributed by atoms with Crippen molar-refractivity contribution in [2.45, 2.75) is 0 Å². The number of benzene rings is 1. The lowest BCUT2D eigenvalue weighted by Crippen LogP contribution is -2.15. The molecule has 0 aliphatic rings. The fraction of sp³-hybridized carbons (Fsp3) is 0.188. The standard InChI is InChI=1S/C16H15ClN4O4/c1-23-11-6-9(7-12(24-2)16(11)25-3)10-8-15(22)21(20-10)14-5-4-13(17)18-19-14/h4-8,20H,1-3H3. The molecule has 3 aromatic rings. The van der Waals surface area contributed by atoms with Crippen LogP contribution in [0.2, 0.25) is 5.15 Å². The summed E-state index contributed by atoms with van der Waals surface area (Å²) in [6.45, 7) is 0. The van der Waals surface area contributed by atoms with Gasteiger partial charge < -0.3 is 14.2 Å². The molecule has 1 N–H and O–H groups in total. The average Bonchev–Trinajstić information content (AvgIpc) is 3.02. The summed E-state index contributed by atoms with van der Waals surface area (Å²) in [5, 5.41) is 10.9. The zero-order valence-electron chi connectivity index (χ0n) is 13.7. The third-order valence-corrected chi connectivity index (χ3v) is 3.74. The van der Waals surface area contributed by atoms with Crippen molar-refractivity contribution in [1.82, 2.24) is 20.0 Å². The lowest BCUT2D eigenvalue weighted by Gasteiger charge is -2.13. The molecule has 0 radical (unpaired) electrons. The van der Waals surface area contributed by atoms with E-state index in [2.05, 4.69) is 15.3 Å². The summed E-state index contributed by atoms with van der Waals surface area (Å²) in [6.07, 6.45) is 0. The zero-order chi connectivity index (χ0) is 18.0. The fourth-order valence-electron chi connectivity index (χ4n) is 2.38. The van der Waals surface area contributed by atoms with Crippen LogP contribution in [0.4, 0.5) is 0 Å². The molecule has 9 heteroatoms. The molecular weight excluding hydrogens is 348 g/mol. The maximum atomic E-state index is 12.3. The minimum absolute atomic E-state index is 0.244. The second-order valence-corrected chi connectivity index (χ2v) is 5.36. The minimum Gasteiger partial charge on any atom is -0.493 e. The number of rotatable bonds is 5. The number of halogens is 1. The Hall–Kier alpha value is -3.00. The summed E-state index contributed by atoms with van der Waals surface area (Å²) in [5.74, 6) is 1.76. The summed E-state index contributed by atoms with van der Waals surface area (Å²) >= 11 is 5.72. The van der Waals surface area contributed by atoms with Crippen molar-refractivity contribution >= 4 is 11.6 Å². The molecule has 130 valence electrons. The van der Waals surface area contributed by atoms with Crippen molar-refractivity contribution in [3.63, 3.8) is 0 Å². The van der Waals surface area contributed by atoms with Gasteiger partial charge in [-0.2, -0.15) is 4.68 Å². The van der Waals surface area contributed by atoms with E-state index in [1.165, 1.54) is 32.1 Å². The van der Waals surface area contributed by atoms with Crippen LogP contribution >= 0.6 is 11.6 Å². The first-order chi connectivity index (χ1) is 12.1. The van der Waals surface area contributed by atoms with Gasteiger partial charge in [0.15, 0.2) is 22.5 Å². The normalized spacial score (nSPS) is 10.6. The SMILES string of the molecule is COc1cc(-c2cc(=O)n(-c3ccc(Cl)nn3)[nH]2)cc(OC)c1OC. The number of aromatic amines is 1. The highest BCUT2D eigenvalue weighted by Crippen LogP contribution is 2.40. The molecule has 0 saturated heterocycles. The molecule has 0 unspecified atom stereocenters. The Balaban J connectivity index is 2.10. The lowest BCUT2D eigenvalue weighted by molar-refractivity contribution is 0.324. The van der Waals surface area contributed by atoms with Gasteiger partial charge in [-0.25, -0.2) is 0 Å². The number of hydrogen-bond donors (Lipinski definition) is 1. The highest BCUT2D eigenvalue weighted by molar-refractivity contribution is 6.29. The molecule has 0 aliphatic carbocycles. The predicted octanol–water partition coefficient (Wildman–Crippen LogP) is 2.30. The van der Waals surface area contributed by atoms with Gasteiger partial charge in [0.05, 0.1) is 27.0 Å². The van der Waals surface area contributed by atoms with Crippen LogP contribution in [0.3, 0.4) is 0 Å². The second kappa shape index (κ2) is 6.86. The van der Waals surface area contributed by atoms with Crippen LogP contribution < -0.4 is 19.8 Å². The quantitative estimate of drug-likeness (QED) is 0.748. The summed E-state index contributed by atoms with van der Waals surface area (Å²) in [6, 6.07) is 8.06. The number of methoxy groups -OCH3 is 3. The van der Waals surface area contributed by atoms with Gasteiger partial charge in [0.2, 0.25) is 5.75 Å². The minimum atomic E-state index is -0.291. The fourth-order valence-corrected chi connectivity index (χ4v) is 2.48. The van der Waals surface area contributed by atoms with Crippen molar-refractivity contribution in [2.75, 3.05) is 21.3 Å². The molecule has 0 aliphatic heterocycles. The Morgan fingerprint density at radius 1 is 1.00 bits per heavy atom. The number of nitrogens with zero attached hydrogens (tertiary/aromatic N) is 3. The molecule has 0 spiro atoms. The molecule has 1 aromatic carbocycles. The summed E-state index contributed by atoms with van der Waals surface area (Å²) in [7, 11) is 4.58. The highest BCUT2D eigenvalue weighted by Gasteiger charge is 2.16. The predicted molar refractivity (Wildman–Crippen MR) is 92.1 cm³/mol. The van der Waals surface area contributed by atoms with Gasteiger partial charge in [0.25, 0.3) is 5.56 Å². The second-order valence-electron chi connectivity index (χ2n) is 4.97. The Morgan fingerprint density at radius 3 is 2.20 bits per heavy atom. The van der Waals surface area contributed by atoms with Gasteiger partial charge in [-0.15, -0.1) is 10.2 Å². The van der Waals surface area contributed by atoms with Crippen LogP contribution in [0.1, 0.15) is 0 Å². The average molecular weight is 363 g/mol. The Labute approximate surface area is 147 Å². The van der Waals surface area contributed by atoms with Crippen LogP contribution in [0.15, 0.2) is 35.1 Å². The van der Waals surface area contributed by atoms with Crippen LogP contribution in [-0.2, 0) is 0 Å². The Kier molecular flexibility index (Phi) is 4.62. The van der Waals surface area contributed by atoms with E-state index in [4.69, 9.17) is 25.8 Å². The van der Waals surface area contributed by atoms with Crippen LogP contribution in [0.25, 0.3) is 17.1 Å². The van der Waals surface area contributed by atoms with Crippen molar-refractivity contribution in [2.24, 2.45) is 0 Å². The number of H-pyrrole nitrogens is 1. The van der Waals surface area contributed by atoms with Gasteiger partial charge in [-0.1, -0.05) is 11.6 Å². The molecule has 2 heterocycles. The van der Waals surface area contributed by atoms with Gasteiger partial charge in [0, 0.05) is 11.6 Å². The van der Waals surface area contributed by atoms with Gasteiger partial charge in [0.1, 0.15) is 0 Å². The van der Waals surface area contributed by atoms with Gasteiger partial charge in [-0.3, -0.25) is 9.89 Å². The zero-order valence-corrected chi connectivity index (χ0v) is 14.5. The maximum Gasteiger partial charge on any atom is 0.273 e. The summed E-state index contributed by atoms with van der Waals surface area (Å²) in [4.78, 5) is 12.3. The van der Waals surface area contributed by atoms with Crippen molar-refractivity contribution in [1.29, 1.82) is 0 Å². The first-order valence-electron chi connectivity index (χ1n) is 7.19. The molecule has 0 amide bonds. The summed E-state index contributed by atoms with van der Waals surface area (Å²) in [5.41, 5.74) is 0.952. The summed E-state index contributed by atoms with van der Waals surface area (Å²) < 4.78 is 17.2. The van der Waals surface area contributed by atoms with Crippen LogP contribution in [0, 0.1) is 0 Å². The van der Waals surface area contributed by atoms with Crippen molar-refractivity contribution in [3.8, 4) is 34.3 Å². The third-order valence-electron chi connectivity index (χ3n) is 3.54. The monoisotopic (exact) mass is 362 g/mol. The number of ether oxygens (including phenoxy) is 3. The van der Waals surface area contributed by atoms with Crippen LogP contribution in [0.5, 0.6) is 17.2 Å². The van der Waals surface area contributed by atoms with Gasteiger partial charge >= 0.3 is 0 Å². The first-order valence-corrected chi connectivity index (χ1v) is 7.57. The van der Waals surface area contributed by atoms with E-state index >= 15 is 0 Å².